The summed E-state index contributed by atoms with van der Waals surface area (Å²) in [5.41, 5.74) is -0.911. The zero-order chi connectivity index (χ0) is 10.1. The Morgan fingerprint density at radius 2 is 1.77 bits per heavy atom. The average molecular weight is 182 g/mol. The third kappa shape index (κ3) is 1.32. The van der Waals surface area contributed by atoms with Gasteiger partial charge in [0.2, 0.25) is 0 Å². The third-order valence-corrected chi connectivity index (χ3v) is 2.82. The van der Waals surface area contributed by atoms with Gasteiger partial charge >= 0.3 is 0 Å². The van der Waals surface area contributed by atoms with Crippen LogP contribution in [-0.4, -0.2) is 17.9 Å². The van der Waals surface area contributed by atoms with Gasteiger partial charge in [-0.25, -0.2) is 0 Å². The highest BCUT2D eigenvalue weighted by molar-refractivity contribution is 6.12. The lowest BCUT2D eigenvalue weighted by molar-refractivity contribution is -0.136. The summed E-state index contributed by atoms with van der Waals surface area (Å²) in [5.74, 6) is -0.486. The van der Waals surface area contributed by atoms with E-state index in [1.54, 1.807) is 13.8 Å². The van der Waals surface area contributed by atoms with E-state index < -0.39 is 5.41 Å². The smallest absolute Gasteiger partial charge is 0.146 e. The van der Waals surface area contributed by atoms with Gasteiger partial charge in [0.05, 0.1) is 5.41 Å². The topological polar surface area (TPSA) is 51.2 Å². The number of Topliss-reactive ketones (excluding diaryl/α,β-unsaturated/α-hetero) is 2. The van der Waals surface area contributed by atoms with Crippen molar-refractivity contribution < 1.29 is 14.4 Å². The summed E-state index contributed by atoms with van der Waals surface area (Å²) < 4.78 is 0. The molecule has 1 aliphatic carbocycles. The molecule has 0 bridgehead atoms. The van der Waals surface area contributed by atoms with Gasteiger partial charge in [0, 0.05) is 18.8 Å². The predicted molar refractivity (Wildman–Crippen MR) is 47.2 cm³/mol. The number of hydrogen-bond donors (Lipinski definition) is 0. The van der Waals surface area contributed by atoms with E-state index in [-0.39, 0.29) is 17.5 Å². The minimum atomic E-state index is -0.911. The molecule has 1 fully saturated rings. The first kappa shape index (κ1) is 10.1. The van der Waals surface area contributed by atoms with Crippen LogP contribution in [0.15, 0.2) is 0 Å². The van der Waals surface area contributed by atoms with Crippen LogP contribution in [-0.2, 0) is 14.4 Å². The first-order valence-electron chi connectivity index (χ1n) is 4.65. The van der Waals surface area contributed by atoms with Crippen molar-refractivity contribution in [3.63, 3.8) is 0 Å². The minimum absolute atomic E-state index is 0.0727. The molecule has 13 heavy (non-hydrogen) atoms. The quantitative estimate of drug-likeness (QED) is 0.473. The fraction of sp³-hybridized carbons (Fsp3) is 0.700. The van der Waals surface area contributed by atoms with Crippen molar-refractivity contribution in [1.29, 1.82) is 0 Å². The molecule has 0 N–H and O–H groups in total. The van der Waals surface area contributed by atoms with E-state index in [0.717, 1.165) is 6.29 Å². The summed E-state index contributed by atoms with van der Waals surface area (Å²) in [4.78, 5) is 33.5. The number of ketones is 2. The van der Waals surface area contributed by atoms with Gasteiger partial charge < -0.3 is 4.79 Å². The summed E-state index contributed by atoms with van der Waals surface area (Å²) >= 11 is 0. The van der Waals surface area contributed by atoms with Crippen molar-refractivity contribution in [1.82, 2.24) is 0 Å². The van der Waals surface area contributed by atoms with Crippen LogP contribution in [0.1, 0.15) is 33.1 Å². The number of rotatable bonds is 5. The normalized spacial score (nSPS) is 23.7. The van der Waals surface area contributed by atoms with Crippen molar-refractivity contribution in [3.05, 3.63) is 0 Å². The highest BCUT2D eigenvalue weighted by Gasteiger charge is 2.63. The first-order chi connectivity index (χ1) is 6.13. The van der Waals surface area contributed by atoms with Crippen molar-refractivity contribution in [2.45, 2.75) is 33.1 Å². The Labute approximate surface area is 77.5 Å². The molecule has 3 heteroatoms. The summed E-state index contributed by atoms with van der Waals surface area (Å²) in [6, 6.07) is 0. The second kappa shape index (κ2) is 3.40. The number of hydrogen-bond acceptors (Lipinski definition) is 3. The Kier molecular flexibility index (Phi) is 2.64. The molecule has 1 aliphatic rings. The Balaban J connectivity index is 2.86. The van der Waals surface area contributed by atoms with E-state index in [1.165, 1.54) is 0 Å². The lowest BCUT2D eigenvalue weighted by atomic mass is 9.90. The zero-order valence-electron chi connectivity index (χ0n) is 8.00. The highest BCUT2D eigenvalue weighted by Crippen LogP contribution is 2.53. The molecule has 0 aliphatic heterocycles. The van der Waals surface area contributed by atoms with E-state index in [1.807, 2.05) is 0 Å². The molecule has 0 aromatic heterocycles. The second-order valence-corrected chi connectivity index (χ2v) is 3.47. The molecule has 0 heterocycles. The van der Waals surface area contributed by atoms with Crippen molar-refractivity contribution in [2.75, 3.05) is 0 Å². The van der Waals surface area contributed by atoms with E-state index in [2.05, 4.69) is 0 Å². The maximum absolute atomic E-state index is 11.5. The van der Waals surface area contributed by atoms with Crippen LogP contribution in [0.5, 0.6) is 0 Å². The number of carbonyl (C=O) groups is 3. The lowest BCUT2D eigenvalue weighted by Gasteiger charge is -2.10. The summed E-state index contributed by atoms with van der Waals surface area (Å²) in [6.45, 7) is 3.46. The standard InChI is InChI=1S/C10H14O3/c1-3-8(12)10(9(13)4-2)5-7(10)6-11/h6-7H,3-5H2,1-2H3. The second-order valence-electron chi connectivity index (χ2n) is 3.47. The van der Waals surface area contributed by atoms with E-state index in [9.17, 15) is 14.4 Å². The molecule has 1 saturated carbocycles. The SMILES string of the molecule is CCC(=O)C1(C(=O)CC)CC1C=O. The minimum Gasteiger partial charge on any atom is -0.303 e. The van der Waals surface area contributed by atoms with Crippen LogP contribution in [0, 0.1) is 11.3 Å². The fourth-order valence-corrected chi connectivity index (χ4v) is 1.88. The van der Waals surface area contributed by atoms with Gasteiger partial charge in [-0.3, -0.25) is 9.59 Å². The zero-order valence-corrected chi connectivity index (χ0v) is 8.00. The monoisotopic (exact) mass is 182 g/mol. The largest absolute Gasteiger partial charge is 0.303 e. The molecule has 0 saturated heterocycles. The molecule has 0 radical (unpaired) electrons. The van der Waals surface area contributed by atoms with E-state index in [0.29, 0.717) is 19.3 Å². The predicted octanol–water partition coefficient (Wildman–Crippen LogP) is 1.15. The molecule has 0 amide bonds. The summed E-state index contributed by atoms with van der Waals surface area (Å²) in [5, 5.41) is 0. The van der Waals surface area contributed by atoms with Gasteiger partial charge in [-0.05, 0) is 6.42 Å². The number of aldehydes is 1. The van der Waals surface area contributed by atoms with Crippen molar-refractivity contribution in [2.24, 2.45) is 11.3 Å². The van der Waals surface area contributed by atoms with Crippen LogP contribution >= 0.6 is 0 Å². The van der Waals surface area contributed by atoms with Crippen molar-refractivity contribution >= 4 is 17.9 Å². The molecule has 1 rings (SSSR count). The number of carbonyl (C=O) groups excluding carboxylic acids is 3. The van der Waals surface area contributed by atoms with Gasteiger partial charge in [0.15, 0.2) is 0 Å². The molecule has 3 nitrogen and oxygen atoms in total. The van der Waals surface area contributed by atoms with E-state index >= 15 is 0 Å². The molecule has 0 aromatic rings. The van der Waals surface area contributed by atoms with Gasteiger partial charge in [-0.15, -0.1) is 0 Å². The Hall–Kier alpha value is -0.990. The van der Waals surface area contributed by atoms with Crippen molar-refractivity contribution in [3.8, 4) is 0 Å². The Bertz CT molecular complexity index is 239. The summed E-state index contributed by atoms with van der Waals surface area (Å²) in [7, 11) is 0. The maximum atomic E-state index is 11.5. The average Bonchev–Trinajstić information content (AvgIpc) is 2.91. The summed E-state index contributed by atoms with van der Waals surface area (Å²) in [6.07, 6.45) is 1.86. The van der Waals surface area contributed by atoms with Crippen LogP contribution in [0.2, 0.25) is 0 Å². The van der Waals surface area contributed by atoms with Crippen LogP contribution in [0.3, 0.4) is 0 Å². The molecular weight excluding hydrogens is 168 g/mol. The van der Waals surface area contributed by atoms with Gasteiger partial charge in [-0.1, -0.05) is 13.8 Å². The highest BCUT2D eigenvalue weighted by atomic mass is 16.2. The van der Waals surface area contributed by atoms with E-state index in [4.69, 9.17) is 0 Å². The van der Waals surface area contributed by atoms with Crippen LogP contribution in [0.4, 0.5) is 0 Å². The lowest BCUT2D eigenvalue weighted by Crippen LogP contribution is -2.27. The van der Waals surface area contributed by atoms with Gasteiger partial charge in [0.1, 0.15) is 17.9 Å². The molecule has 72 valence electrons. The first-order valence-corrected chi connectivity index (χ1v) is 4.65. The molecule has 1 unspecified atom stereocenters. The maximum Gasteiger partial charge on any atom is 0.146 e. The fourth-order valence-electron chi connectivity index (χ4n) is 1.88. The third-order valence-electron chi connectivity index (χ3n) is 2.82. The molecule has 0 aromatic carbocycles. The molecular formula is C10H14O3. The Morgan fingerprint density at radius 3 is 2.00 bits per heavy atom. The van der Waals surface area contributed by atoms with Crippen LogP contribution < -0.4 is 0 Å². The van der Waals surface area contributed by atoms with Gasteiger partial charge in [0.25, 0.3) is 0 Å². The van der Waals surface area contributed by atoms with Crippen LogP contribution in [0.25, 0.3) is 0 Å². The Morgan fingerprint density at radius 1 is 1.31 bits per heavy atom. The molecule has 1 atom stereocenters. The van der Waals surface area contributed by atoms with Gasteiger partial charge in [-0.2, -0.15) is 0 Å². The molecule has 0 spiro atoms.